The number of carbonyl (C=O) groups excluding carboxylic acids is 2. The van der Waals surface area contributed by atoms with Crippen molar-refractivity contribution in [1.82, 2.24) is 10.3 Å². The van der Waals surface area contributed by atoms with E-state index >= 15 is 0 Å². The lowest BCUT2D eigenvalue weighted by atomic mass is 10.1. The average Bonchev–Trinajstić information content (AvgIpc) is 3.02. The van der Waals surface area contributed by atoms with Crippen molar-refractivity contribution in [3.05, 3.63) is 52.7 Å². The summed E-state index contributed by atoms with van der Waals surface area (Å²) in [5.41, 5.74) is 3.18. The van der Waals surface area contributed by atoms with Crippen molar-refractivity contribution in [3.63, 3.8) is 0 Å². The second-order valence-corrected chi connectivity index (χ2v) is 6.80. The van der Waals surface area contributed by atoms with Crippen LogP contribution < -0.4 is 15.0 Å². The quantitative estimate of drug-likeness (QED) is 0.857. The Labute approximate surface area is 152 Å². The van der Waals surface area contributed by atoms with E-state index in [-0.39, 0.29) is 12.0 Å². The van der Waals surface area contributed by atoms with Crippen LogP contribution in [0.1, 0.15) is 44.8 Å². The standard InChI is InChI=1S/C20H21N3O3/c1-13-9-17-18(11-21-20(17)25)22-19(13)23-7-5-15(6-8-23)26-16-4-2-3-14(10-16)12-24/h2-4,9-10,12,15H,5-8,11H2,1H3,(H,21,25). The predicted molar refractivity (Wildman–Crippen MR) is 97.8 cm³/mol. The van der Waals surface area contributed by atoms with Crippen LogP contribution in [0.2, 0.25) is 0 Å². The molecule has 0 bridgehead atoms. The van der Waals surface area contributed by atoms with Gasteiger partial charge in [0.05, 0.1) is 17.8 Å². The zero-order valence-corrected chi connectivity index (χ0v) is 14.7. The van der Waals surface area contributed by atoms with E-state index in [0.29, 0.717) is 17.7 Å². The Morgan fingerprint density at radius 2 is 2.08 bits per heavy atom. The van der Waals surface area contributed by atoms with Gasteiger partial charge in [0, 0.05) is 31.5 Å². The number of benzene rings is 1. The molecule has 1 amide bonds. The number of anilines is 1. The van der Waals surface area contributed by atoms with Gasteiger partial charge >= 0.3 is 0 Å². The molecule has 0 saturated carbocycles. The summed E-state index contributed by atoms with van der Waals surface area (Å²) in [5.74, 6) is 1.66. The Balaban J connectivity index is 1.42. The minimum Gasteiger partial charge on any atom is -0.490 e. The van der Waals surface area contributed by atoms with E-state index in [1.165, 1.54) is 0 Å². The summed E-state index contributed by atoms with van der Waals surface area (Å²) >= 11 is 0. The van der Waals surface area contributed by atoms with Crippen molar-refractivity contribution in [1.29, 1.82) is 0 Å². The summed E-state index contributed by atoms with van der Waals surface area (Å²) in [5, 5.41) is 2.82. The summed E-state index contributed by atoms with van der Waals surface area (Å²) in [4.78, 5) is 29.6. The van der Waals surface area contributed by atoms with Gasteiger partial charge < -0.3 is 15.0 Å². The molecule has 0 radical (unpaired) electrons. The molecule has 3 heterocycles. The Kier molecular flexibility index (Phi) is 4.32. The van der Waals surface area contributed by atoms with E-state index in [1.807, 2.05) is 25.1 Å². The maximum absolute atomic E-state index is 11.8. The number of nitrogens with one attached hydrogen (secondary N) is 1. The number of aromatic nitrogens is 1. The molecule has 2 aliphatic heterocycles. The van der Waals surface area contributed by atoms with Gasteiger partial charge in [0.25, 0.3) is 5.91 Å². The number of ether oxygens (including phenoxy) is 1. The van der Waals surface area contributed by atoms with Crippen molar-refractivity contribution < 1.29 is 14.3 Å². The number of aryl methyl sites for hydroxylation is 1. The molecule has 1 aromatic heterocycles. The second-order valence-electron chi connectivity index (χ2n) is 6.80. The highest BCUT2D eigenvalue weighted by atomic mass is 16.5. The fourth-order valence-corrected chi connectivity index (χ4v) is 3.59. The molecule has 1 fully saturated rings. The van der Waals surface area contributed by atoms with E-state index in [2.05, 4.69) is 10.2 Å². The Morgan fingerprint density at radius 1 is 1.27 bits per heavy atom. The van der Waals surface area contributed by atoms with Gasteiger partial charge in [-0.2, -0.15) is 0 Å². The van der Waals surface area contributed by atoms with E-state index in [4.69, 9.17) is 9.72 Å². The Morgan fingerprint density at radius 3 is 2.85 bits per heavy atom. The molecular formula is C20H21N3O3. The van der Waals surface area contributed by atoms with E-state index in [0.717, 1.165) is 55.0 Å². The summed E-state index contributed by atoms with van der Waals surface area (Å²) in [7, 11) is 0. The summed E-state index contributed by atoms with van der Waals surface area (Å²) in [6.07, 6.45) is 2.74. The molecule has 0 atom stereocenters. The van der Waals surface area contributed by atoms with E-state index in [9.17, 15) is 9.59 Å². The first-order valence-corrected chi connectivity index (χ1v) is 8.89. The van der Waals surface area contributed by atoms with Crippen LogP contribution in [0.4, 0.5) is 5.82 Å². The minimum atomic E-state index is -0.0354. The van der Waals surface area contributed by atoms with Crippen molar-refractivity contribution in [3.8, 4) is 5.75 Å². The van der Waals surface area contributed by atoms with Crippen molar-refractivity contribution >= 4 is 18.0 Å². The number of hydrogen-bond donors (Lipinski definition) is 1. The molecule has 0 spiro atoms. The molecule has 2 aliphatic rings. The number of carbonyl (C=O) groups is 2. The first-order valence-electron chi connectivity index (χ1n) is 8.89. The Hall–Kier alpha value is -2.89. The fraction of sp³-hybridized carbons (Fsp3) is 0.350. The molecule has 1 N–H and O–H groups in total. The molecule has 0 aliphatic carbocycles. The number of piperidine rings is 1. The van der Waals surface area contributed by atoms with Gasteiger partial charge in [-0.1, -0.05) is 12.1 Å². The van der Waals surface area contributed by atoms with E-state index < -0.39 is 0 Å². The maximum atomic E-state index is 11.8. The molecule has 134 valence electrons. The number of fused-ring (bicyclic) bond motifs is 1. The first kappa shape index (κ1) is 16.6. The topological polar surface area (TPSA) is 71.5 Å². The molecule has 26 heavy (non-hydrogen) atoms. The number of hydrogen-bond acceptors (Lipinski definition) is 5. The van der Waals surface area contributed by atoms with Crippen LogP contribution in [0.25, 0.3) is 0 Å². The maximum Gasteiger partial charge on any atom is 0.253 e. The molecular weight excluding hydrogens is 330 g/mol. The van der Waals surface area contributed by atoms with Crippen molar-refractivity contribution in [2.75, 3.05) is 18.0 Å². The van der Waals surface area contributed by atoms with Gasteiger partial charge in [-0.15, -0.1) is 0 Å². The minimum absolute atomic E-state index is 0.0354. The molecule has 1 saturated heterocycles. The number of aldehydes is 1. The van der Waals surface area contributed by atoms with Crippen molar-refractivity contribution in [2.24, 2.45) is 0 Å². The van der Waals surface area contributed by atoms with Gasteiger partial charge in [0.1, 0.15) is 24.0 Å². The van der Waals surface area contributed by atoms with Gasteiger partial charge in [-0.3, -0.25) is 9.59 Å². The van der Waals surface area contributed by atoms with Gasteiger partial charge in [-0.05, 0) is 30.7 Å². The summed E-state index contributed by atoms with van der Waals surface area (Å²) in [6.45, 7) is 4.22. The van der Waals surface area contributed by atoms with Gasteiger partial charge in [0.2, 0.25) is 0 Å². The smallest absolute Gasteiger partial charge is 0.253 e. The molecule has 4 rings (SSSR count). The third-order valence-corrected chi connectivity index (χ3v) is 4.96. The largest absolute Gasteiger partial charge is 0.490 e. The lowest BCUT2D eigenvalue weighted by Crippen LogP contribution is -2.39. The number of amides is 1. The normalized spacial score (nSPS) is 17.0. The third kappa shape index (κ3) is 3.14. The predicted octanol–water partition coefficient (Wildman–Crippen LogP) is 2.49. The van der Waals surface area contributed by atoms with Crippen LogP contribution in [0, 0.1) is 6.92 Å². The molecule has 6 heteroatoms. The highest BCUT2D eigenvalue weighted by Crippen LogP contribution is 2.27. The van der Waals surface area contributed by atoms with Crippen LogP contribution in [-0.2, 0) is 6.54 Å². The van der Waals surface area contributed by atoms with E-state index in [1.54, 1.807) is 12.1 Å². The average molecular weight is 351 g/mol. The SMILES string of the molecule is Cc1cc2c(nc1N1CCC(Oc3cccc(C=O)c3)CC1)CNC2=O. The molecule has 6 nitrogen and oxygen atoms in total. The van der Waals surface area contributed by atoms with Crippen LogP contribution in [0.3, 0.4) is 0 Å². The van der Waals surface area contributed by atoms with Gasteiger partial charge in [-0.25, -0.2) is 4.98 Å². The van der Waals surface area contributed by atoms with Crippen LogP contribution in [0.5, 0.6) is 5.75 Å². The lowest BCUT2D eigenvalue weighted by Gasteiger charge is -2.34. The van der Waals surface area contributed by atoms with Gasteiger partial charge in [0.15, 0.2) is 0 Å². The fourth-order valence-electron chi connectivity index (χ4n) is 3.59. The number of nitrogens with zero attached hydrogens (tertiary/aromatic N) is 2. The zero-order chi connectivity index (χ0) is 18.1. The zero-order valence-electron chi connectivity index (χ0n) is 14.7. The monoisotopic (exact) mass is 351 g/mol. The molecule has 1 aromatic carbocycles. The molecule has 2 aromatic rings. The Bertz CT molecular complexity index is 857. The van der Waals surface area contributed by atoms with Crippen LogP contribution >= 0.6 is 0 Å². The first-order chi connectivity index (χ1) is 12.6. The summed E-state index contributed by atoms with van der Waals surface area (Å²) < 4.78 is 6.04. The van der Waals surface area contributed by atoms with Crippen LogP contribution in [0.15, 0.2) is 30.3 Å². The molecule has 0 unspecified atom stereocenters. The summed E-state index contributed by atoms with van der Waals surface area (Å²) in [6, 6.07) is 9.20. The number of pyridine rings is 1. The van der Waals surface area contributed by atoms with Crippen LogP contribution in [-0.4, -0.2) is 36.4 Å². The third-order valence-electron chi connectivity index (χ3n) is 4.96. The van der Waals surface area contributed by atoms with Crippen molar-refractivity contribution in [2.45, 2.75) is 32.4 Å². The number of rotatable bonds is 4. The highest BCUT2D eigenvalue weighted by molar-refractivity contribution is 5.98. The second kappa shape index (κ2) is 6.78. The highest BCUT2D eigenvalue weighted by Gasteiger charge is 2.26. The lowest BCUT2D eigenvalue weighted by molar-refractivity contribution is 0.0965.